The predicted octanol–water partition coefficient (Wildman–Crippen LogP) is 1.14. The number of hydrogen-bond donors (Lipinski definition) is 1. The van der Waals surface area contributed by atoms with Crippen LogP contribution in [0.2, 0.25) is 0 Å². The molecule has 1 unspecified atom stereocenters. The molecule has 0 aliphatic rings. The summed E-state index contributed by atoms with van der Waals surface area (Å²) in [6.45, 7) is 4.23. The van der Waals surface area contributed by atoms with Crippen molar-refractivity contribution in [2.24, 2.45) is 5.92 Å². The summed E-state index contributed by atoms with van der Waals surface area (Å²) in [5, 5.41) is 11.4. The third-order valence-corrected chi connectivity index (χ3v) is 1.21. The normalized spacial score (nSPS) is 13.2. The minimum atomic E-state index is 0.0324. The number of rotatable bonds is 3. The number of nitrogens with one attached hydrogen (secondary N) is 1. The van der Waals surface area contributed by atoms with E-state index in [0.29, 0.717) is 5.92 Å². The van der Waals surface area contributed by atoms with Gasteiger partial charge in [0, 0.05) is 0 Å². The maximum Gasteiger partial charge on any atom is 0.0953 e. The molecule has 0 aromatic carbocycles. The monoisotopic (exact) mass is 126 g/mol. The van der Waals surface area contributed by atoms with E-state index in [-0.39, 0.29) is 6.04 Å². The van der Waals surface area contributed by atoms with Crippen molar-refractivity contribution in [1.29, 1.82) is 5.26 Å². The summed E-state index contributed by atoms with van der Waals surface area (Å²) in [5.74, 6) is 0.599. The van der Waals surface area contributed by atoms with Crippen LogP contribution in [0, 0.1) is 17.2 Å². The number of hydrogen-bond acceptors (Lipinski definition) is 2. The molecule has 0 heterocycles. The molecule has 0 saturated carbocycles. The molecule has 0 aromatic heterocycles. The van der Waals surface area contributed by atoms with Crippen molar-refractivity contribution in [2.45, 2.75) is 26.3 Å². The van der Waals surface area contributed by atoms with Crippen molar-refractivity contribution < 1.29 is 0 Å². The molecule has 2 nitrogen and oxygen atoms in total. The van der Waals surface area contributed by atoms with E-state index >= 15 is 0 Å². The van der Waals surface area contributed by atoms with Crippen molar-refractivity contribution >= 4 is 0 Å². The summed E-state index contributed by atoms with van der Waals surface area (Å²) in [6.07, 6.45) is 0.938. The molecule has 0 radical (unpaired) electrons. The van der Waals surface area contributed by atoms with Gasteiger partial charge >= 0.3 is 0 Å². The maximum absolute atomic E-state index is 8.46. The van der Waals surface area contributed by atoms with Gasteiger partial charge in [-0.3, -0.25) is 0 Å². The zero-order valence-corrected chi connectivity index (χ0v) is 6.31. The van der Waals surface area contributed by atoms with Gasteiger partial charge < -0.3 is 5.32 Å². The molecule has 0 aliphatic carbocycles. The Hall–Kier alpha value is -0.550. The molecule has 0 saturated heterocycles. The highest BCUT2D eigenvalue weighted by Crippen LogP contribution is 2.02. The fourth-order valence-electron chi connectivity index (χ4n) is 0.707. The first-order chi connectivity index (χ1) is 4.20. The Bertz CT molecular complexity index is 102. The Morgan fingerprint density at radius 3 is 2.22 bits per heavy atom. The van der Waals surface area contributed by atoms with Crippen molar-refractivity contribution in [3.05, 3.63) is 0 Å². The van der Waals surface area contributed by atoms with Crippen LogP contribution in [0.5, 0.6) is 0 Å². The SMILES string of the molecule is CNC(C#N)CC(C)C. The van der Waals surface area contributed by atoms with Crippen molar-refractivity contribution in [3.63, 3.8) is 0 Å². The molecular weight excluding hydrogens is 112 g/mol. The smallest absolute Gasteiger partial charge is 0.0953 e. The molecule has 0 spiro atoms. The molecule has 0 bridgehead atoms. The van der Waals surface area contributed by atoms with Crippen LogP contribution in [0.25, 0.3) is 0 Å². The molecule has 0 amide bonds. The van der Waals surface area contributed by atoms with Crippen LogP contribution in [-0.4, -0.2) is 13.1 Å². The van der Waals surface area contributed by atoms with Crippen LogP contribution < -0.4 is 5.32 Å². The highest BCUT2D eigenvalue weighted by Gasteiger charge is 2.04. The summed E-state index contributed by atoms with van der Waals surface area (Å²) in [4.78, 5) is 0. The first kappa shape index (κ1) is 8.45. The highest BCUT2D eigenvalue weighted by atomic mass is 14.9. The van der Waals surface area contributed by atoms with Crippen molar-refractivity contribution in [1.82, 2.24) is 5.32 Å². The Labute approximate surface area is 56.9 Å². The van der Waals surface area contributed by atoms with E-state index in [4.69, 9.17) is 5.26 Å². The van der Waals surface area contributed by atoms with E-state index in [1.807, 2.05) is 7.05 Å². The van der Waals surface area contributed by atoms with E-state index in [1.165, 1.54) is 0 Å². The van der Waals surface area contributed by atoms with Gasteiger partial charge in [0.2, 0.25) is 0 Å². The van der Waals surface area contributed by atoms with Crippen LogP contribution in [0.3, 0.4) is 0 Å². The lowest BCUT2D eigenvalue weighted by Crippen LogP contribution is -2.24. The molecular formula is C7H14N2. The topological polar surface area (TPSA) is 35.8 Å². The van der Waals surface area contributed by atoms with Crippen LogP contribution in [-0.2, 0) is 0 Å². The molecule has 0 rings (SSSR count). The van der Waals surface area contributed by atoms with Gasteiger partial charge in [-0.15, -0.1) is 0 Å². The van der Waals surface area contributed by atoms with Crippen LogP contribution in [0.4, 0.5) is 0 Å². The Balaban J connectivity index is 3.47. The summed E-state index contributed by atoms with van der Waals surface area (Å²) in [6, 6.07) is 2.20. The zero-order chi connectivity index (χ0) is 7.28. The molecule has 9 heavy (non-hydrogen) atoms. The molecule has 52 valence electrons. The second-order valence-electron chi connectivity index (χ2n) is 2.60. The first-order valence-electron chi connectivity index (χ1n) is 3.27. The molecule has 0 aliphatic heterocycles. The predicted molar refractivity (Wildman–Crippen MR) is 37.9 cm³/mol. The number of nitrogens with zero attached hydrogens (tertiary/aromatic N) is 1. The van der Waals surface area contributed by atoms with Gasteiger partial charge in [0.05, 0.1) is 12.1 Å². The summed E-state index contributed by atoms with van der Waals surface area (Å²) in [5.41, 5.74) is 0. The lowest BCUT2D eigenvalue weighted by Gasteiger charge is -2.08. The summed E-state index contributed by atoms with van der Waals surface area (Å²) < 4.78 is 0. The van der Waals surface area contributed by atoms with Gasteiger partial charge in [-0.1, -0.05) is 13.8 Å². The molecule has 0 aromatic rings. The van der Waals surface area contributed by atoms with Gasteiger partial charge in [0.15, 0.2) is 0 Å². The average molecular weight is 126 g/mol. The molecule has 1 N–H and O–H groups in total. The largest absolute Gasteiger partial charge is 0.305 e. The Morgan fingerprint density at radius 2 is 2.11 bits per heavy atom. The van der Waals surface area contributed by atoms with E-state index in [2.05, 4.69) is 25.2 Å². The molecule has 0 fully saturated rings. The van der Waals surface area contributed by atoms with E-state index in [1.54, 1.807) is 0 Å². The maximum atomic E-state index is 8.46. The van der Waals surface area contributed by atoms with E-state index in [0.717, 1.165) is 6.42 Å². The van der Waals surface area contributed by atoms with Crippen molar-refractivity contribution in [3.8, 4) is 6.07 Å². The quantitative estimate of drug-likeness (QED) is 0.615. The van der Waals surface area contributed by atoms with Crippen molar-refractivity contribution in [2.75, 3.05) is 7.05 Å². The second kappa shape index (κ2) is 4.34. The van der Waals surface area contributed by atoms with Gasteiger partial charge in [-0.25, -0.2) is 0 Å². The summed E-state index contributed by atoms with van der Waals surface area (Å²) >= 11 is 0. The fraction of sp³-hybridized carbons (Fsp3) is 0.857. The molecule has 2 heteroatoms. The standard InChI is InChI=1S/C7H14N2/c1-6(2)4-7(5-8)9-3/h6-7,9H,4H2,1-3H3. The minimum Gasteiger partial charge on any atom is -0.305 e. The lowest BCUT2D eigenvalue weighted by molar-refractivity contribution is 0.506. The number of nitriles is 1. The van der Waals surface area contributed by atoms with Gasteiger partial charge in [-0.05, 0) is 19.4 Å². The molecule has 1 atom stereocenters. The van der Waals surface area contributed by atoms with Gasteiger partial charge in [-0.2, -0.15) is 5.26 Å². The minimum absolute atomic E-state index is 0.0324. The van der Waals surface area contributed by atoms with E-state index < -0.39 is 0 Å². The second-order valence-corrected chi connectivity index (χ2v) is 2.60. The van der Waals surface area contributed by atoms with Crippen LogP contribution >= 0.6 is 0 Å². The van der Waals surface area contributed by atoms with Crippen LogP contribution in [0.1, 0.15) is 20.3 Å². The fourth-order valence-corrected chi connectivity index (χ4v) is 0.707. The first-order valence-corrected chi connectivity index (χ1v) is 3.27. The lowest BCUT2D eigenvalue weighted by atomic mass is 10.1. The third-order valence-electron chi connectivity index (χ3n) is 1.21. The average Bonchev–Trinajstić information content (AvgIpc) is 1.82. The summed E-state index contributed by atoms with van der Waals surface area (Å²) in [7, 11) is 1.82. The Morgan fingerprint density at radius 1 is 1.56 bits per heavy atom. The Kier molecular flexibility index (Phi) is 4.08. The van der Waals surface area contributed by atoms with Gasteiger partial charge in [0.25, 0.3) is 0 Å². The third kappa shape index (κ3) is 3.99. The van der Waals surface area contributed by atoms with Gasteiger partial charge in [0.1, 0.15) is 0 Å². The van der Waals surface area contributed by atoms with Crippen LogP contribution in [0.15, 0.2) is 0 Å². The van der Waals surface area contributed by atoms with E-state index in [9.17, 15) is 0 Å². The highest BCUT2D eigenvalue weighted by molar-refractivity contribution is 4.88. The zero-order valence-electron chi connectivity index (χ0n) is 6.31.